The van der Waals surface area contributed by atoms with E-state index in [1.807, 2.05) is 12.1 Å². The first-order valence-corrected chi connectivity index (χ1v) is 7.78. The molecule has 3 heteroatoms. The lowest BCUT2D eigenvalue weighted by Gasteiger charge is -2.20. The Hall–Kier alpha value is -1.06. The molecule has 1 aromatic rings. The van der Waals surface area contributed by atoms with Gasteiger partial charge in [-0.2, -0.15) is 0 Å². The standard InChI is InChI=1S/C17H30N2O/c1-5-19(6-2)14-13-18-15(3)7-8-16-9-11-17(20-4)12-10-16/h9-12,15,18H,5-8,13-14H2,1-4H3. The van der Waals surface area contributed by atoms with Gasteiger partial charge in [-0.1, -0.05) is 26.0 Å². The van der Waals surface area contributed by atoms with Gasteiger partial charge >= 0.3 is 0 Å². The lowest BCUT2D eigenvalue weighted by Crippen LogP contribution is -2.36. The third kappa shape index (κ3) is 6.40. The minimum atomic E-state index is 0.563. The predicted octanol–water partition coefficient (Wildman–Crippen LogP) is 2.95. The highest BCUT2D eigenvalue weighted by atomic mass is 16.5. The van der Waals surface area contributed by atoms with Crippen LogP contribution in [0.15, 0.2) is 24.3 Å². The van der Waals surface area contributed by atoms with Crippen molar-refractivity contribution in [1.82, 2.24) is 10.2 Å². The molecule has 0 radical (unpaired) electrons. The Morgan fingerprint density at radius 1 is 1.15 bits per heavy atom. The fourth-order valence-electron chi connectivity index (χ4n) is 2.29. The fraction of sp³-hybridized carbons (Fsp3) is 0.647. The normalized spacial score (nSPS) is 12.7. The van der Waals surface area contributed by atoms with E-state index in [0.29, 0.717) is 6.04 Å². The number of aryl methyl sites for hydroxylation is 1. The molecule has 1 rings (SSSR count). The van der Waals surface area contributed by atoms with Crippen LogP contribution >= 0.6 is 0 Å². The fourth-order valence-corrected chi connectivity index (χ4v) is 2.29. The number of nitrogens with zero attached hydrogens (tertiary/aromatic N) is 1. The Kier molecular flexibility index (Phi) is 8.31. The molecular formula is C17H30N2O. The molecule has 1 atom stereocenters. The Labute approximate surface area is 124 Å². The zero-order valence-corrected chi connectivity index (χ0v) is 13.5. The molecule has 0 amide bonds. The van der Waals surface area contributed by atoms with Crippen LogP contribution in [0.2, 0.25) is 0 Å². The number of likely N-dealkylation sites (N-methyl/N-ethyl adjacent to an activating group) is 1. The molecule has 0 aromatic heterocycles. The van der Waals surface area contributed by atoms with Crippen molar-refractivity contribution in [2.45, 2.75) is 39.7 Å². The van der Waals surface area contributed by atoms with E-state index < -0.39 is 0 Å². The lowest BCUT2D eigenvalue weighted by molar-refractivity contribution is 0.296. The number of hydrogen-bond donors (Lipinski definition) is 1. The molecule has 114 valence electrons. The maximum absolute atomic E-state index is 5.17. The molecule has 0 spiro atoms. The van der Waals surface area contributed by atoms with E-state index in [0.717, 1.165) is 38.3 Å². The summed E-state index contributed by atoms with van der Waals surface area (Å²) < 4.78 is 5.17. The molecule has 1 unspecified atom stereocenters. The molecular weight excluding hydrogens is 248 g/mol. The van der Waals surface area contributed by atoms with Gasteiger partial charge in [0.15, 0.2) is 0 Å². The molecule has 1 N–H and O–H groups in total. The van der Waals surface area contributed by atoms with Crippen molar-refractivity contribution in [3.05, 3.63) is 29.8 Å². The first kappa shape index (κ1) is 17.0. The quantitative estimate of drug-likeness (QED) is 0.712. The van der Waals surface area contributed by atoms with Gasteiger partial charge in [-0.3, -0.25) is 0 Å². The minimum absolute atomic E-state index is 0.563. The van der Waals surface area contributed by atoms with Gasteiger partial charge < -0.3 is 15.0 Å². The second-order valence-corrected chi connectivity index (χ2v) is 5.27. The molecule has 0 saturated heterocycles. The van der Waals surface area contributed by atoms with Crippen LogP contribution in [0.3, 0.4) is 0 Å². The number of ether oxygens (including phenoxy) is 1. The largest absolute Gasteiger partial charge is 0.497 e. The maximum Gasteiger partial charge on any atom is 0.118 e. The Morgan fingerprint density at radius 3 is 2.35 bits per heavy atom. The molecule has 0 aliphatic rings. The SMILES string of the molecule is CCN(CC)CCNC(C)CCc1ccc(OC)cc1. The van der Waals surface area contributed by atoms with Crippen LogP contribution in [0, 0.1) is 0 Å². The smallest absolute Gasteiger partial charge is 0.118 e. The van der Waals surface area contributed by atoms with Crippen molar-refractivity contribution >= 4 is 0 Å². The van der Waals surface area contributed by atoms with Crippen LogP contribution in [0.1, 0.15) is 32.8 Å². The first-order valence-electron chi connectivity index (χ1n) is 7.78. The van der Waals surface area contributed by atoms with Crippen LogP contribution in [-0.2, 0) is 6.42 Å². The summed E-state index contributed by atoms with van der Waals surface area (Å²) in [6.45, 7) is 11.2. The van der Waals surface area contributed by atoms with Crippen LogP contribution in [0.5, 0.6) is 5.75 Å². The van der Waals surface area contributed by atoms with Gasteiger partial charge in [0.25, 0.3) is 0 Å². The second-order valence-electron chi connectivity index (χ2n) is 5.27. The highest BCUT2D eigenvalue weighted by Crippen LogP contribution is 2.13. The number of hydrogen-bond acceptors (Lipinski definition) is 3. The van der Waals surface area contributed by atoms with Gasteiger partial charge in [-0.15, -0.1) is 0 Å². The summed E-state index contributed by atoms with van der Waals surface area (Å²) in [5.74, 6) is 0.930. The van der Waals surface area contributed by atoms with Crippen LogP contribution in [0.25, 0.3) is 0 Å². The van der Waals surface area contributed by atoms with E-state index in [2.05, 4.69) is 43.1 Å². The summed E-state index contributed by atoms with van der Waals surface area (Å²) in [7, 11) is 1.71. The second kappa shape index (κ2) is 9.78. The Bertz CT molecular complexity index is 347. The molecule has 3 nitrogen and oxygen atoms in total. The molecule has 0 aliphatic heterocycles. The molecule has 0 saturated carbocycles. The first-order chi connectivity index (χ1) is 9.69. The summed E-state index contributed by atoms with van der Waals surface area (Å²) in [5, 5.41) is 3.61. The molecule has 0 fully saturated rings. The predicted molar refractivity (Wildman–Crippen MR) is 86.6 cm³/mol. The van der Waals surface area contributed by atoms with E-state index >= 15 is 0 Å². The topological polar surface area (TPSA) is 24.5 Å². The molecule has 1 aromatic carbocycles. The number of nitrogens with one attached hydrogen (secondary N) is 1. The van der Waals surface area contributed by atoms with Crippen LogP contribution in [-0.4, -0.2) is 44.2 Å². The third-order valence-corrected chi connectivity index (χ3v) is 3.84. The summed E-state index contributed by atoms with van der Waals surface area (Å²) in [5.41, 5.74) is 1.38. The summed E-state index contributed by atoms with van der Waals surface area (Å²) >= 11 is 0. The zero-order chi connectivity index (χ0) is 14.8. The molecule has 0 aliphatic carbocycles. The van der Waals surface area contributed by atoms with Gasteiger partial charge in [0.1, 0.15) is 5.75 Å². The maximum atomic E-state index is 5.17. The monoisotopic (exact) mass is 278 g/mol. The van der Waals surface area contributed by atoms with Crippen molar-refractivity contribution in [2.24, 2.45) is 0 Å². The van der Waals surface area contributed by atoms with E-state index in [4.69, 9.17) is 4.74 Å². The van der Waals surface area contributed by atoms with Crippen LogP contribution < -0.4 is 10.1 Å². The average Bonchev–Trinajstić information content (AvgIpc) is 2.50. The third-order valence-electron chi connectivity index (χ3n) is 3.84. The molecule has 0 heterocycles. The van der Waals surface area contributed by atoms with Gasteiger partial charge in [-0.25, -0.2) is 0 Å². The average molecular weight is 278 g/mol. The lowest BCUT2D eigenvalue weighted by atomic mass is 10.1. The molecule has 20 heavy (non-hydrogen) atoms. The van der Waals surface area contributed by atoms with Crippen molar-refractivity contribution in [3.63, 3.8) is 0 Å². The zero-order valence-electron chi connectivity index (χ0n) is 13.5. The Balaban J connectivity index is 2.20. The summed E-state index contributed by atoms with van der Waals surface area (Å²) in [6, 6.07) is 8.94. The highest BCUT2D eigenvalue weighted by Gasteiger charge is 2.04. The van der Waals surface area contributed by atoms with Crippen LogP contribution in [0.4, 0.5) is 0 Å². The number of methoxy groups -OCH3 is 1. The highest BCUT2D eigenvalue weighted by molar-refractivity contribution is 5.27. The van der Waals surface area contributed by atoms with Crippen molar-refractivity contribution in [3.8, 4) is 5.75 Å². The van der Waals surface area contributed by atoms with Gasteiger partial charge in [-0.05, 0) is 50.6 Å². The Morgan fingerprint density at radius 2 is 1.80 bits per heavy atom. The number of benzene rings is 1. The van der Waals surface area contributed by atoms with E-state index in [-0.39, 0.29) is 0 Å². The van der Waals surface area contributed by atoms with E-state index in [1.165, 1.54) is 12.0 Å². The van der Waals surface area contributed by atoms with Crippen molar-refractivity contribution in [1.29, 1.82) is 0 Å². The summed E-state index contributed by atoms with van der Waals surface area (Å²) in [4.78, 5) is 2.45. The van der Waals surface area contributed by atoms with Gasteiger partial charge in [0, 0.05) is 19.1 Å². The van der Waals surface area contributed by atoms with Gasteiger partial charge in [0.2, 0.25) is 0 Å². The minimum Gasteiger partial charge on any atom is -0.497 e. The van der Waals surface area contributed by atoms with E-state index in [1.54, 1.807) is 7.11 Å². The van der Waals surface area contributed by atoms with Gasteiger partial charge in [0.05, 0.1) is 7.11 Å². The van der Waals surface area contributed by atoms with Crippen molar-refractivity contribution < 1.29 is 4.74 Å². The summed E-state index contributed by atoms with van der Waals surface area (Å²) in [6.07, 6.45) is 2.29. The molecule has 0 bridgehead atoms. The number of rotatable bonds is 10. The van der Waals surface area contributed by atoms with Crippen molar-refractivity contribution in [2.75, 3.05) is 33.3 Å². The van der Waals surface area contributed by atoms with E-state index in [9.17, 15) is 0 Å².